The highest BCUT2D eigenvalue weighted by Gasteiger charge is 2.10. The maximum atomic E-state index is 11.2. The quantitative estimate of drug-likeness (QED) is 0.802. The van der Waals surface area contributed by atoms with Crippen LogP contribution in [-0.2, 0) is 10.0 Å². The highest BCUT2D eigenvalue weighted by Crippen LogP contribution is 2.19. The van der Waals surface area contributed by atoms with E-state index in [1.807, 2.05) is 0 Å². The molecule has 0 amide bonds. The van der Waals surface area contributed by atoms with Crippen molar-refractivity contribution in [2.45, 2.75) is 4.90 Å². The summed E-state index contributed by atoms with van der Waals surface area (Å²) in [6.45, 7) is 0. The first-order chi connectivity index (χ1) is 7.38. The molecular weight excluding hydrogens is 298 g/mol. The number of sulfonamides is 1. The molecule has 16 heavy (non-hydrogen) atoms. The summed E-state index contributed by atoms with van der Waals surface area (Å²) in [5, 5.41) is 5.47. The predicted octanol–water partition coefficient (Wildman–Crippen LogP) is 1.20. The molecule has 0 fully saturated rings. The van der Waals surface area contributed by atoms with E-state index in [1.54, 1.807) is 0 Å². The highest BCUT2D eigenvalue weighted by atomic mass is 79.9. The molecule has 0 radical (unpaired) electrons. The minimum absolute atomic E-state index is 0.0271. The van der Waals surface area contributed by atoms with Crippen LogP contribution >= 0.6 is 15.9 Å². The molecule has 0 saturated carbocycles. The Balaban J connectivity index is 2.82. The molecular formula is C9H6BrNO4S. The topological polar surface area (TPSA) is 90.4 Å². The molecule has 5 nitrogen and oxygen atoms in total. The maximum Gasteiger partial charge on any atom is 0.350 e. The second kappa shape index (κ2) is 3.69. The molecule has 7 heteroatoms. The molecule has 1 heterocycles. The van der Waals surface area contributed by atoms with Crippen LogP contribution in [0, 0.1) is 0 Å². The third-order valence-electron chi connectivity index (χ3n) is 1.99. The van der Waals surface area contributed by atoms with Gasteiger partial charge in [0.25, 0.3) is 0 Å². The second-order valence-corrected chi connectivity index (χ2v) is 5.54. The van der Waals surface area contributed by atoms with Crippen LogP contribution < -0.4 is 10.8 Å². The molecule has 2 rings (SSSR count). The SMILES string of the molecule is NS(=O)(=O)c1ccc2oc(=O)c(Br)cc2c1. The van der Waals surface area contributed by atoms with Crippen LogP contribution in [0.5, 0.6) is 0 Å². The number of primary sulfonamides is 1. The molecule has 0 aliphatic heterocycles. The van der Waals surface area contributed by atoms with Gasteiger partial charge in [0, 0.05) is 5.39 Å². The minimum Gasteiger partial charge on any atom is -0.422 e. The standard InChI is InChI=1S/C9H6BrNO4S/c10-7-4-5-3-6(16(11,13)14)1-2-8(5)15-9(7)12/h1-4H,(H2,11,13,14). The highest BCUT2D eigenvalue weighted by molar-refractivity contribution is 9.10. The monoisotopic (exact) mass is 303 g/mol. The van der Waals surface area contributed by atoms with Crippen LogP contribution in [0.2, 0.25) is 0 Å². The Morgan fingerprint density at radius 2 is 1.94 bits per heavy atom. The van der Waals surface area contributed by atoms with E-state index >= 15 is 0 Å². The largest absolute Gasteiger partial charge is 0.422 e. The molecule has 84 valence electrons. The van der Waals surface area contributed by atoms with Crippen LogP contribution in [-0.4, -0.2) is 8.42 Å². The number of hydrogen-bond acceptors (Lipinski definition) is 4. The maximum absolute atomic E-state index is 11.2. The molecule has 0 aliphatic carbocycles. The summed E-state index contributed by atoms with van der Waals surface area (Å²) in [5.74, 6) is 0. The van der Waals surface area contributed by atoms with E-state index in [2.05, 4.69) is 15.9 Å². The van der Waals surface area contributed by atoms with Gasteiger partial charge in [-0.1, -0.05) is 0 Å². The van der Waals surface area contributed by atoms with Crippen molar-refractivity contribution >= 4 is 36.9 Å². The van der Waals surface area contributed by atoms with Gasteiger partial charge in [-0.3, -0.25) is 0 Å². The van der Waals surface area contributed by atoms with E-state index in [0.29, 0.717) is 11.0 Å². The fourth-order valence-electron chi connectivity index (χ4n) is 1.25. The van der Waals surface area contributed by atoms with E-state index in [9.17, 15) is 13.2 Å². The predicted molar refractivity (Wildman–Crippen MR) is 61.6 cm³/mol. The summed E-state index contributed by atoms with van der Waals surface area (Å²) in [7, 11) is -3.75. The van der Waals surface area contributed by atoms with Crippen LogP contribution in [0.1, 0.15) is 0 Å². The Hall–Kier alpha value is -1.18. The van der Waals surface area contributed by atoms with Gasteiger partial charge in [-0.05, 0) is 40.2 Å². The summed E-state index contributed by atoms with van der Waals surface area (Å²) >= 11 is 3.00. The van der Waals surface area contributed by atoms with Crippen LogP contribution in [0.15, 0.2) is 42.8 Å². The van der Waals surface area contributed by atoms with Crippen molar-refractivity contribution in [3.8, 4) is 0 Å². The van der Waals surface area contributed by atoms with E-state index in [-0.39, 0.29) is 9.37 Å². The number of nitrogens with two attached hydrogens (primary N) is 1. The molecule has 0 saturated heterocycles. The van der Waals surface area contributed by atoms with Crippen molar-refractivity contribution < 1.29 is 12.8 Å². The molecule has 0 atom stereocenters. The van der Waals surface area contributed by atoms with Crippen molar-refractivity contribution in [1.29, 1.82) is 0 Å². The molecule has 0 unspecified atom stereocenters. The molecule has 0 bridgehead atoms. The second-order valence-electron chi connectivity index (χ2n) is 3.13. The Morgan fingerprint density at radius 1 is 1.25 bits per heavy atom. The van der Waals surface area contributed by atoms with Gasteiger partial charge >= 0.3 is 5.63 Å². The number of rotatable bonds is 1. The molecule has 0 aliphatic rings. The van der Waals surface area contributed by atoms with Gasteiger partial charge in [-0.25, -0.2) is 18.4 Å². The Bertz CT molecular complexity index is 720. The van der Waals surface area contributed by atoms with Gasteiger partial charge in [-0.15, -0.1) is 0 Å². The number of hydrogen-bond donors (Lipinski definition) is 1. The van der Waals surface area contributed by atoms with Crippen molar-refractivity contribution in [3.63, 3.8) is 0 Å². The van der Waals surface area contributed by atoms with Gasteiger partial charge < -0.3 is 4.42 Å². The molecule has 0 spiro atoms. The lowest BCUT2D eigenvalue weighted by atomic mass is 10.2. The lowest BCUT2D eigenvalue weighted by Crippen LogP contribution is -2.12. The lowest BCUT2D eigenvalue weighted by molar-refractivity contribution is 0.556. The van der Waals surface area contributed by atoms with E-state index in [1.165, 1.54) is 24.3 Å². The first-order valence-electron chi connectivity index (χ1n) is 4.14. The summed E-state index contributed by atoms with van der Waals surface area (Å²) in [4.78, 5) is 11.1. The van der Waals surface area contributed by atoms with Gasteiger partial charge in [0.1, 0.15) is 10.1 Å². The Labute approximate surface area is 99.0 Å². The summed E-state index contributed by atoms with van der Waals surface area (Å²) < 4.78 is 27.4. The zero-order valence-electron chi connectivity index (χ0n) is 7.81. The smallest absolute Gasteiger partial charge is 0.350 e. The van der Waals surface area contributed by atoms with Gasteiger partial charge in [0.15, 0.2) is 0 Å². The average Bonchev–Trinajstić information content (AvgIpc) is 2.17. The van der Waals surface area contributed by atoms with Crippen molar-refractivity contribution in [2.24, 2.45) is 5.14 Å². The number of halogens is 1. The van der Waals surface area contributed by atoms with E-state index < -0.39 is 15.6 Å². The summed E-state index contributed by atoms with van der Waals surface area (Å²) in [6, 6.07) is 5.51. The third-order valence-corrected chi connectivity index (χ3v) is 3.45. The Morgan fingerprint density at radius 3 is 2.56 bits per heavy atom. The average molecular weight is 304 g/mol. The third kappa shape index (κ3) is 2.01. The van der Waals surface area contributed by atoms with Crippen molar-refractivity contribution in [2.75, 3.05) is 0 Å². The number of fused-ring (bicyclic) bond motifs is 1. The van der Waals surface area contributed by atoms with Gasteiger partial charge in [0.05, 0.1) is 4.90 Å². The fraction of sp³-hybridized carbons (Fsp3) is 0. The zero-order chi connectivity index (χ0) is 11.9. The van der Waals surface area contributed by atoms with Crippen LogP contribution in [0.25, 0.3) is 11.0 Å². The molecule has 1 aromatic heterocycles. The first kappa shape index (κ1) is 11.3. The fourth-order valence-corrected chi connectivity index (χ4v) is 2.13. The van der Waals surface area contributed by atoms with Crippen molar-refractivity contribution in [1.82, 2.24) is 0 Å². The van der Waals surface area contributed by atoms with Gasteiger partial charge in [0.2, 0.25) is 10.0 Å². The molecule has 1 aromatic carbocycles. The zero-order valence-corrected chi connectivity index (χ0v) is 10.2. The van der Waals surface area contributed by atoms with Gasteiger partial charge in [-0.2, -0.15) is 0 Å². The minimum atomic E-state index is -3.75. The summed E-state index contributed by atoms with van der Waals surface area (Å²) in [6.07, 6.45) is 0. The Kier molecular flexibility index (Phi) is 2.61. The lowest BCUT2D eigenvalue weighted by Gasteiger charge is -2.00. The van der Waals surface area contributed by atoms with Crippen molar-refractivity contribution in [3.05, 3.63) is 39.2 Å². The van der Waals surface area contributed by atoms with E-state index in [0.717, 1.165) is 0 Å². The van der Waals surface area contributed by atoms with Crippen LogP contribution in [0.4, 0.5) is 0 Å². The normalized spacial score (nSPS) is 11.9. The van der Waals surface area contributed by atoms with Crippen LogP contribution in [0.3, 0.4) is 0 Å². The molecule has 2 N–H and O–H groups in total. The number of benzene rings is 1. The molecule has 2 aromatic rings. The van der Waals surface area contributed by atoms with E-state index in [4.69, 9.17) is 9.56 Å². The first-order valence-corrected chi connectivity index (χ1v) is 6.48. The summed E-state index contributed by atoms with van der Waals surface area (Å²) in [5.41, 5.74) is -0.212.